The molecule has 0 aliphatic carbocycles. The normalized spacial score (nSPS) is 11.9. The Hall–Kier alpha value is -1.07. The first-order chi connectivity index (χ1) is 8.13. The van der Waals surface area contributed by atoms with Crippen molar-refractivity contribution in [1.82, 2.24) is 10.6 Å². The van der Waals surface area contributed by atoms with Gasteiger partial charge in [0.2, 0.25) is 0 Å². The third-order valence-electron chi connectivity index (χ3n) is 2.17. The number of hydrogen-bond acceptors (Lipinski definition) is 3. The lowest BCUT2D eigenvalue weighted by Gasteiger charge is -2.14. The van der Waals surface area contributed by atoms with Gasteiger partial charge in [-0.2, -0.15) is 0 Å². The van der Waals surface area contributed by atoms with Crippen molar-refractivity contribution in [3.05, 3.63) is 28.7 Å². The first kappa shape index (κ1) is 14.0. The molecule has 0 fully saturated rings. The van der Waals surface area contributed by atoms with E-state index in [0.29, 0.717) is 12.3 Å². The minimum absolute atomic E-state index is 0.108. The number of carbonyl (C=O) groups is 1. The van der Waals surface area contributed by atoms with Crippen molar-refractivity contribution in [2.45, 2.75) is 13.0 Å². The van der Waals surface area contributed by atoms with E-state index in [-0.39, 0.29) is 5.91 Å². The summed E-state index contributed by atoms with van der Waals surface area (Å²) in [5.74, 6) is 0.577. The van der Waals surface area contributed by atoms with Crippen molar-refractivity contribution in [3.63, 3.8) is 0 Å². The molecule has 0 saturated heterocycles. The van der Waals surface area contributed by atoms with E-state index in [4.69, 9.17) is 4.74 Å². The zero-order chi connectivity index (χ0) is 12.7. The van der Waals surface area contributed by atoms with Gasteiger partial charge in [0.25, 0.3) is 5.91 Å². The molecular formula is C12H17BrN2O2. The van der Waals surface area contributed by atoms with E-state index in [9.17, 15) is 4.79 Å². The maximum Gasteiger partial charge on any atom is 0.260 e. The summed E-state index contributed by atoms with van der Waals surface area (Å²) >= 11 is 3.34. The van der Waals surface area contributed by atoms with Gasteiger partial charge >= 0.3 is 0 Å². The number of carbonyl (C=O) groups excluding carboxylic acids is 1. The molecule has 0 radical (unpaired) electrons. The van der Waals surface area contributed by atoms with Gasteiger partial charge in [0.1, 0.15) is 5.75 Å². The van der Waals surface area contributed by atoms with Crippen LogP contribution < -0.4 is 15.4 Å². The maximum atomic E-state index is 11.6. The van der Waals surface area contributed by atoms with Gasteiger partial charge in [0, 0.05) is 17.6 Å². The number of halogens is 1. The predicted molar refractivity (Wildman–Crippen MR) is 71.2 cm³/mol. The molecule has 0 heterocycles. The van der Waals surface area contributed by atoms with E-state index >= 15 is 0 Å². The lowest BCUT2D eigenvalue weighted by atomic mass is 10.3. The Morgan fingerprint density at radius 3 is 2.59 bits per heavy atom. The Labute approximate surface area is 110 Å². The fourth-order valence-electron chi connectivity index (χ4n) is 1.23. The van der Waals surface area contributed by atoms with Crippen LogP contribution in [0.15, 0.2) is 28.7 Å². The predicted octanol–water partition coefficient (Wildman–Crippen LogP) is 1.55. The zero-order valence-electron chi connectivity index (χ0n) is 10.00. The van der Waals surface area contributed by atoms with Gasteiger partial charge in [-0.1, -0.05) is 15.9 Å². The molecule has 1 aromatic rings. The molecule has 0 aliphatic rings. The fraction of sp³-hybridized carbons (Fsp3) is 0.417. The van der Waals surface area contributed by atoms with E-state index in [0.717, 1.165) is 11.0 Å². The van der Waals surface area contributed by atoms with Crippen LogP contribution in [0.3, 0.4) is 0 Å². The first-order valence-electron chi connectivity index (χ1n) is 5.48. The highest BCUT2D eigenvalue weighted by molar-refractivity contribution is 9.10. The summed E-state index contributed by atoms with van der Waals surface area (Å²) in [5.41, 5.74) is 0. The van der Waals surface area contributed by atoms with Gasteiger partial charge in [-0.05, 0) is 38.2 Å². The van der Waals surface area contributed by atoms with Gasteiger partial charge in [-0.15, -0.1) is 0 Å². The average Bonchev–Trinajstić information content (AvgIpc) is 2.32. The van der Waals surface area contributed by atoms with Crippen LogP contribution in [-0.2, 0) is 4.79 Å². The van der Waals surface area contributed by atoms with Gasteiger partial charge in [-0.25, -0.2) is 0 Å². The third kappa shape index (κ3) is 5.19. The van der Waals surface area contributed by atoms with Crippen molar-refractivity contribution in [3.8, 4) is 5.75 Å². The summed E-state index contributed by atoms with van der Waals surface area (Å²) in [6.07, 6.45) is -0.493. The summed E-state index contributed by atoms with van der Waals surface area (Å²) in [5, 5.41) is 5.74. The Morgan fingerprint density at radius 2 is 2.00 bits per heavy atom. The maximum absolute atomic E-state index is 11.6. The molecule has 0 aliphatic heterocycles. The zero-order valence-corrected chi connectivity index (χ0v) is 11.6. The topological polar surface area (TPSA) is 50.4 Å². The van der Waals surface area contributed by atoms with Crippen LogP contribution in [-0.4, -0.2) is 32.1 Å². The summed E-state index contributed by atoms with van der Waals surface area (Å²) in [6, 6.07) is 7.39. The highest BCUT2D eigenvalue weighted by atomic mass is 79.9. The van der Waals surface area contributed by atoms with Gasteiger partial charge in [0.05, 0.1) is 0 Å². The molecule has 1 aromatic carbocycles. The number of hydrogen-bond donors (Lipinski definition) is 2. The molecule has 2 N–H and O–H groups in total. The van der Waals surface area contributed by atoms with Crippen LogP contribution >= 0.6 is 15.9 Å². The van der Waals surface area contributed by atoms with Crippen molar-refractivity contribution in [2.75, 3.05) is 20.1 Å². The highest BCUT2D eigenvalue weighted by Crippen LogP contribution is 2.17. The van der Waals surface area contributed by atoms with E-state index in [1.54, 1.807) is 6.92 Å². The molecule has 1 rings (SSSR count). The van der Waals surface area contributed by atoms with Crippen LogP contribution in [0.25, 0.3) is 0 Å². The number of nitrogens with one attached hydrogen (secondary N) is 2. The number of amides is 1. The van der Waals surface area contributed by atoms with Crippen molar-refractivity contribution < 1.29 is 9.53 Å². The number of rotatable bonds is 6. The molecular weight excluding hydrogens is 284 g/mol. The number of likely N-dealkylation sites (N-methyl/N-ethyl adjacent to an activating group) is 1. The highest BCUT2D eigenvalue weighted by Gasteiger charge is 2.13. The molecule has 1 atom stereocenters. The Morgan fingerprint density at radius 1 is 1.35 bits per heavy atom. The van der Waals surface area contributed by atoms with Gasteiger partial charge in [-0.3, -0.25) is 4.79 Å². The third-order valence-corrected chi connectivity index (χ3v) is 2.70. The Balaban J connectivity index is 2.40. The molecule has 0 spiro atoms. The van der Waals surface area contributed by atoms with E-state index in [1.165, 1.54) is 0 Å². The standard InChI is InChI=1S/C12H17BrN2O2/c1-9(12(16)15-8-7-14-2)17-11-5-3-10(13)4-6-11/h3-6,9,14H,7-8H2,1-2H3,(H,15,16). The lowest BCUT2D eigenvalue weighted by molar-refractivity contribution is -0.127. The summed E-state index contributed by atoms with van der Waals surface area (Å²) in [4.78, 5) is 11.6. The summed E-state index contributed by atoms with van der Waals surface area (Å²) in [7, 11) is 1.84. The van der Waals surface area contributed by atoms with Crippen molar-refractivity contribution in [1.29, 1.82) is 0 Å². The quantitative estimate of drug-likeness (QED) is 0.784. The minimum atomic E-state index is -0.493. The second kappa shape index (κ2) is 7.29. The number of ether oxygens (including phenoxy) is 1. The molecule has 1 unspecified atom stereocenters. The van der Waals surface area contributed by atoms with Crippen LogP contribution in [0.5, 0.6) is 5.75 Å². The fourth-order valence-corrected chi connectivity index (χ4v) is 1.49. The molecule has 94 valence electrons. The SMILES string of the molecule is CNCCNC(=O)C(C)Oc1ccc(Br)cc1. The van der Waals surface area contributed by atoms with Crippen LogP contribution in [0.2, 0.25) is 0 Å². The smallest absolute Gasteiger partial charge is 0.260 e. The molecule has 5 heteroatoms. The molecule has 0 aromatic heterocycles. The van der Waals surface area contributed by atoms with E-state index in [2.05, 4.69) is 26.6 Å². The Kier molecular flexibility index (Phi) is 6.00. The monoisotopic (exact) mass is 300 g/mol. The largest absolute Gasteiger partial charge is 0.481 e. The molecule has 0 bridgehead atoms. The van der Waals surface area contributed by atoms with Crippen LogP contribution in [0.1, 0.15) is 6.92 Å². The average molecular weight is 301 g/mol. The summed E-state index contributed by atoms with van der Waals surface area (Å²) in [6.45, 7) is 3.08. The van der Waals surface area contributed by atoms with Crippen LogP contribution in [0.4, 0.5) is 0 Å². The van der Waals surface area contributed by atoms with Gasteiger partial charge < -0.3 is 15.4 Å². The van der Waals surface area contributed by atoms with Crippen LogP contribution in [0, 0.1) is 0 Å². The second-order valence-corrected chi connectivity index (χ2v) is 4.52. The second-order valence-electron chi connectivity index (χ2n) is 3.61. The van der Waals surface area contributed by atoms with E-state index in [1.807, 2.05) is 31.3 Å². The molecule has 0 saturated carbocycles. The Bertz CT molecular complexity index is 354. The van der Waals surface area contributed by atoms with Gasteiger partial charge in [0.15, 0.2) is 6.10 Å². The molecule has 4 nitrogen and oxygen atoms in total. The number of benzene rings is 1. The van der Waals surface area contributed by atoms with E-state index < -0.39 is 6.10 Å². The molecule has 1 amide bonds. The molecule has 17 heavy (non-hydrogen) atoms. The van der Waals surface area contributed by atoms with Crippen molar-refractivity contribution in [2.24, 2.45) is 0 Å². The lowest BCUT2D eigenvalue weighted by Crippen LogP contribution is -2.39. The van der Waals surface area contributed by atoms with Crippen molar-refractivity contribution >= 4 is 21.8 Å². The summed E-state index contributed by atoms with van der Waals surface area (Å²) < 4.78 is 6.49. The first-order valence-corrected chi connectivity index (χ1v) is 6.27. The minimum Gasteiger partial charge on any atom is -0.481 e.